The summed E-state index contributed by atoms with van der Waals surface area (Å²) in [6.45, 7) is 13.1. The van der Waals surface area contributed by atoms with E-state index in [1.165, 1.54) is 0 Å². The summed E-state index contributed by atoms with van der Waals surface area (Å²) in [6, 6.07) is 0. The number of ether oxygens (including phenoxy) is 1. The molecule has 0 aromatic carbocycles. The molecule has 1 rings (SSSR count). The number of hydrogen-bond donors (Lipinski definition) is 1. The Morgan fingerprint density at radius 2 is 1.88 bits per heavy atom. The van der Waals surface area contributed by atoms with Crippen LogP contribution < -0.4 is 0 Å². The molecule has 0 amide bonds. The second kappa shape index (κ2) is 5.27. The molecule has 2 heteroatoms. The Morgan fingerprint density at radius 3 is 2.35 bits per heavy atom. The van der Waals surface area contributed by atoms with Gasteiger partial charge in [-0.1, -0.05) is 27.7 Å². The van der Waals surface area contributed by atoms with E-state index < -0.39 is 5.79 Å². The highest BCUT2D eigenvalue weighted by molar-refractivity contribution is 4.84. The number of aliphatic hydroxyl groups is 1. The van der Waals surface area contributed by atoms with Crippen LogP contribution in [0.2, 0.25) is 0 Å². The van der Waals surface area contributed by atoms with Crippen LogP contribution in [0.4, 0.5) is 0 Å². The van der Waals surface area contributed by atoms with Crippen LogP contribution in [0.3, 0.4) is 0 Å². The molecule has 1 aliphatic rings. The van der Waals surface area contributed by atoms with Crippen molar-refractivity contribution in [1.82, 2.24) is 0 Å². The van der Waals surface area contributed by atoms with Crippen molar-refractivity contribution in [3.8, 4) is 0 Å². The summed E-state index contributed by atoms with van der Waals surface area (Å²) in [7, 11) is 0. The Bertz CT molecular complexity index is 247. The SMILES string of the molecule is CC(C)CC(C)(C)OC1(O)CC[C@@H](C)[C@@H](C)C1. The van der Waals surface area contributed by atoms with Crippen LogP contribution in [-0.2, 0) is 4.74 Å². The third kappa shape index (κ3) is 4.59. The fraction of sp³-hybridized carbons (Fsp3) is 1.00. The summed E-state index contributed by atoms with van der Waals surface area (Å²) in [5.74, 6) is 0.939. The highest BCUT2D eigenvalue weighted by Crippen LogP contribution is 2.40. The Balaban J connectivity index is 2.60. The monoisotopic (exact) mass is 242 g/mol. The maximum atomic E-state index is 10.6. The second-order valence-corrected chi connectivity index (χ2v) is 7.10. The van der Waals surface area contributed by atoms with Gasteiger partial charge in [0.05, 0.1) is 5.60 Å². The number of rotatable bonds is 4. The Morgan fingerprint density at radius 1 is 1.29 bits per heavy atom. The first-order valence-corrected chi connectivity index (χ1v) is 7.06. The van der Waals surface area contributed by atoms with Crippen LogP contribution in [0.25, 0.3) is 0 Å². The Hall–Kier alpha value is -0.0800. The highest BCUT2D eigenvalue weighted by Gasteiger charge is 2.40. The molecule has 0 aromatic rings. The number of hydrogen-bond acceptors (Lipinski definition) is 2. The van der Waals surface area contributed by atoms with Gasteiger partial charge in [0.1, 0.15) is 0 Å². The molecule has 3 atom stereocenters. The van der Waals surface area contributed by atoms with E-state index in [9.17, 15) is 5.11 Å². The van der Waals surface area contributed by atoms with Crippen LogP contribution in [0.1, 0.15) is 67.2 Å². The first-order valence-electron chi connectivity index (χ1n) is 7.06. The van der Waals surface area contributed by atoms with E-state index in [1.807, 2.05) is 0 Å². The molecule has 0 radical (unpaired) electrons. The lowest BCUT2D eigenvalue weighted by Gasteiger charge is -2.43. The van der Waals surface area contributed by atoms with E-state index >= 15 is 0 Å². The van der Waals surface area contributed by atoms with Gasteiger partial charge in [-0.3, -0.25) is 0 Å². The summed E-state index contributed by atoms with van der Waals surface area (Å²) >= 11 is 0. The summed E-state index contributed by atoms with van der Waals surface area (Å²) < 4.78 is 6.05. The Labute approximate surface area is 107 Å². The maximum Gasteiger partial charge on any atom is 0.166 e. The molecule has 17 heavy (non-hydrogen) atoms. The minimum Gasteiger partial charge on any atom is -0.365 e. The van der Waals surface area contributed by atoms with Crippen LogP contribution in [0.15, 0.2) is 0 Å². The van der Waals surface area contributed by atoms with Gasteiger partial charge in [-0.25, -0.2) is 0 Å². The lowest BCUT2D eigenvalue weighted by Crippen LogP contribution is -2.46. The van der Waals surface area contributed by atoms with Gasteiger partial charge in [0, 0.05) is 12.8 Å². The summed E-state index contributed by atoms with van der Waals surface area (Å²) in [4.78, 5) is 0. The predicted molar refractivity (Wildman–Crippen MR) is 71.7 cm³/mol. The van der Waals surface area contributed by atoms with Gasteiger partial charge in [0.25, 0.3) is 0 Å². The van der Waals surface area contributed by atoms with Crippen molar-refractivity contribution < 1.29 is 9.84 Å². The standard InChI is InChI=1S/C15H30O2/c1-11(2)9-14(5,6)17-15(16)8-7-12(3)13(4)10-15/h11-13,16H,7-10H2,1-6H3/t12-,13+,15?/m1/s1. The summed E-state index contributed by atoms with van der Waals surface area (Å²) in [6.07, 6.45) is 3.60. The van der Waals surface area contributed by atoms with Gasteiger partial charge < -0.3 is 9.84 Å². The molecule has 0 aliphatic heterocycles. The van der Waals surface area contributed by atoms with Crippen LogP contribution >= 0.6 is 0 Å². The van der Waals surface area contributed by atoms with Crippen LogP contribution in [0, 0.1) is 17.8 Å². The van der Waals surface area contributed by atoms with E-state index in [0.717, 1.165) is 25.7 Å². The third-order valence-corrected chi connectivity index (χ3v) is 3.97. The zero-order chi connectivity index (χ0) is 13.3. The van der Waals surface area contributed by atoms with Crippen LogP contribution in [0.5, 0.6) is 0 Å². The van der Waals surface area contributed by atoms with E-state index in [1.54, 1.807) is 0 Å². The van der Waals surface area contributed by atoms with Gasteiger partial charge in [-0.2, -0.15) is 0 Å². The molecule has 0 spiro atoms. The maximum absolute atomic E-state index is 10.6. The van der Waals surface area contributed by atoms with Gasteiger partial charge >= 0.3 is 0 Å². The molecule has 102 valence electrons. The van der Waals surface area contributed by atoms with Crippen molar-refractivity contribution in [2.75, 3.05) is 0 Å². The first-order chi connectivity index (χ1) is 7.64. The van der Waals surface area contributed by atoms with Gasteiger partial charge in [-0.15, -0.1) is 0 Å². The molecule has 0 bridgehead atoms. The smallest absolute Gasteiger partial charge is 0.166 e. The second-order valence-electron chi connectivity index (χ2n) is 7.10. The Kier molecular flexibility index (Phi) is 4.65. The predicted octanol–water partition coefficient (Wildman–Crippen LogP) is 3.97. The zero-order valence-corrected chi connectivity index (χ0v) is 12.4. The average Bonchev–Trinajstić information content (AvgIpc) is 2.08. The van der Waals surface area contributed by atoms with Gasteiger partial charge in [-0.05, 0) is 44.4 Å². The lowest BCUT2D eigenvalue weighted by atomic mass is 9.78. The minimum atomic E-state index is -0.898. The van der Waals surface area contributed by atoms with Crippen molar-refractivity contribution in [2.45, 2.75) is 78.6 Å². The molecule has 1 unspecified atom stereocenters. The molecular formula is C15H30O2. The van der Waals surface area contributed by atoms with Crippen molar-refractivity contribution in [3.63, 3.8) is 0 Å². The quantitative estimate of drug-likeness (QED) is 0.756. The molecule has 1 saturated carbocycles. The topological polar surface area (TPSA) is 29.5 Å². The van der Waals surface area contributed by atoms with Crippen LogP contribution in [-0.4, -0.2) is 16.5 Å². The molecule has 0 aromatic heterocycles. The molecule has 1 aliphatic carbocycles. The molecule has 0 saturated heterocycles. The zero-order valence-electron chi connectivity index (χ0n) is 12.4. The average molecular weight is 242 g/mol. The van der Waals surface area contributed by atoms with Crippen molar-refractivity contribution >= 4 is 0 Å². The summed E-state index contributed by atoms with van der Waals surface area (Å²) in [5, 5.41) is 10.6. The normalized spacial score (nSPS) is 35.3. The van der Waals surface area contributed by atoms with E-state index in [4.69, 9.17) is 4.74 Å². The molecule has 0 heterocycles. The molecule has 1 N–H and O–H groups in total. The van der Waals surface area contributed by atoms with E-state index in [-0.39, 0.29) is 5.60 Å². The van der Waals surface area contributed by atoms with Gasteiger partial charge in [0.2, 0.25) is 0 Å². The highest BCUT2D eigenvalue weighted by atomic mass is 16.6. The third-order valence-electron chi connectivity index (χ3n) is 3.97. The fourth-order valence-electron chi connectivity index (χ4n) is 3.18. The lowest BCUT2D eigenvalue weighted by molar-refractivity contribution is -0.282. The molecular weight excluding hydrogens is 212 g/mol. The van der Waals surface area contributed by atoms with E-state index in [0.29, 0.717) is 17.8 Å². The molecule has 2 nitrogen and oxygen atoms in total. The van der Waals surface area contributed by atoms with Crippen molar-refractivity contribution in [3.05, 3.63) is 0 Å². The van der Waals surface area contributed by atoms with Crippen molar-refractivity contribution in [2.24, 2.45) is 17.8 Å². The fourth-order valence-corrected chi connectivity index (χ4v) is 3.18. The van der Waals surface area contributed by atoms with Gasteiger partial charge in [0.15, 0.2) is 5.79 Å². The largest absolute Gasteiger partial charge is 0.365 e. The van der Waals surface area contributed by atoms with E-state index in [2.05, 4.69) is 41.5 Å². The molecule has 1 fully saturated rings. The minimum absolute atomic E-state index is 0.233. The summed E-state index contributed by atoms with van der Waals surface area (Å²) in [5.41, 5.74) is -0.233. The van der Waals surface area contributed by atoms with Crippen molar-refractivity contribution in [1.29, 1.82) is 0 Å². The first kappa shape index (κ1) is 15.0.